The molecule has 5 heteroatoms. The lowest BCUT2D eigenvalue weighted by molar-refractivity contribution is -0.121. The second-order valence-corrected chi connectivity index (χ2v) is 4.78. The van der Waals surface area contributed by atoms with E-state index in [-0.39, 0.29) is 5.91 Å². The first kappa shape index (κ1) is 12.5. The van der Waals surface area contributed by atoms with E-state index in [1.165, 1.54) is 0 Å². The fourth-order valence-corrected chi connectivity index (χ4v) is 2.28. The molecule has 6 N–H and O–H groups in total. The Labute approximate surface area is 107 Å². The first-order valence-corrected chi connectivity index (χ1v) is 6.33. The molecule has 0 radical (unpaired) electrons. The van der Waals surface area contributed by atoms with Gasteiger partial charge in [-0.05, 0) is 31.0 Å². The second-order valence-electron chi connectivity index (χ2n) is 4.78. The normalized spacial score (nSPS) is 20.9. The second kappa shape index (κ2) is 4.76. The Morgan fingerprint density at radius 3 is 2.67 bits per heavy atom. The van der Waals surface area contributed by atoms with Crippen molar-refractivity contribution in [3.63, 3.8) is 0 Å². The average molecular weight is 248 g/mol. The van der Waals surface area contributed by atoms with Gasteiger partial charge in [0, 0.05) is 5.69 Å². The first-order chi connectivity index (χ1) is 8.57. The summed E-state index contributed by atoms with van der Waals surface area (Å²) >= 11 is 0. The molecule has 1 unspecified atom stereocenters. The van der Waals surface area contributed by atoms with Gasteiger partial charge in [-0.15, -0.1) is 0 Å². The van der Waals surface area contributed by atoms with Gasteiger partial charge in [0.25, 0.3) is 5.91 Å². The van der Waals surface area contributed by atoms with E-state index in [9.17, 15) is 4.79 Å². The van der Waals surface area contributed by atoms with Crippen LogP contribution in [0.4, 0.5) is 17.1 Å². The van der Waals surface area contributed by atoms with Gasteiger partial charge in [-0.3, -0.25) is 4.79 Å². The van der Waals surface area contributed by atoms with Crippen LogP contribution in [-0.4, -0.2) is 11.6 Å². The summed E-state index contributed by atoms with van der Waals surface area (Å²) in [6.45, 7) is 2.13. The van der Waals surface area contributed by atoms with Crippen LogP contribution >= 0.6 is 0 Å². The molecule has 1 heterocycles. The minimum absolute atomic E-state index is 0.381. The summed E-state index contributed by atoms with van der Waals surface area (Å²) in [5.74, 6) is -0.381. The van der Waals surface area contributed by atoms with E-state index in [1.54, 1.807) is 6.07 Å². The average Bonchev–Trinajstić information content (AvgIpc) is 2.68. The highest BCUT2D eigenvalue weighted by Crippen LogP contribution is 2.37. The molecule has 0 aliphatic carbocycles. The van der Waals surface area contributed by atoms with E-state index < -0.39 is 5.66 Å². The summed E-state index contributed by atoms with van der Waals surface area (Å²) in [6, 6.07) is 5.48. The summed E-state index contributed by atoms with van der Waals surface area (Å²) in [5, 5.41) is 6.37. The fraction of sp³-hybridized carbons (Fsp3) is 0.462. The maximum Gasteiger partial charge on any atom is 0.263 e. The van der Waals surface area contributed by atoms with Gasteiger partial charge in [0.1, 0.15) is 0 Å². The van der Waals surface area contributed by atoms with Crippen LogP contribution in [0.5, 0.6) is 0 Å². The lowest BCUT2D eigenvalue weighted by atomic mass is 10.0. The number of amides is 1. The van der Waals surface area contributed by atoms with Gasteiger partial charge in [-0.2, -0.15) is 0 Å². The maximum atomic E-state index is 11.7. The number of hydrogen-bond donors (Lipinski definition) is 4. The van der Waals surface area contributed by atoms with Gasteiger partial charge in [0.15, 0.2) is 5.66 Å². The van der Waals surface area contributed by atoms with Crippen molar-refractivity contribution < 1.29 is 4.79 Å². The van der Waals surface area contributed by atoms with Crippen molar-refractivity contribution in [2.24, 2.45) is 5.73 Å². The van der Waals surface area contributed by atoms with E-state index in [0.717, 1.165) is 30.6 Å². The van der Waals surface area contributed by atoms with Crippen LogP contribution in [0.25, 0.3) is 0 Å². The van der Waals surface area contributed by atoms with Gasteiger partial charge in [-0.1, -0.05) is 19.8 Å². The van der Waals surface area contributed by atoms with Crippen molar-refractivity contribution in [1.82, 2.24) is 0 Å². The maximum absolute atomic E-state index is 11.7. The number of nitrogens with two attached hydrogens (primary N) is 2. The van der Waals surface area contributed by atoms with Crippen molar-refractivity contribution in [1.29, 1.82) is 0 Å². The number of fused-ring (bicyclic) bond motifs is 1. The van der Waals surface area contributed by atoms with Gasteiger partial charge >= 0.3 is 0 Å². The molecule has 0 saturated carbocycles. The van der Waals surface area contributed by atoms with E-state index >= 15 is 0 Å². The Kier molecular flexibility index (Phi) is 3.32. The molecule has 0 aromatic heterocycles. The minimum atomic E-state index is -0.870. The lowest BCUT2D eigenvalue weighted by Crippen LogP contribution is -2.53. The predicted molar refractivity (Wildman–Crippen MR) is 74.2 cm³/mol. The molecule has 1 aromatic carbocycles. The predicted octanol–water partition coefficient (Wildman–Crippen LogP) is 1.87. The largest absolute Gasteiger partial charge is 0.399 e. The molecule has 1 atom stereocenters. The third-order valence-electron chi connectivity index (χ3n) is 3.32. The zero-order valence-electron chi connectivity index (χ0n) is 10.6. The summed E-state index contributed by atoms with van der Waals surface area (Å²) in [4.78, 5) is 11.7. The van der Waals surface area contributed by atoms with Crippen LogP contribution in [0.3, 0.4) is 0 Å². The molecule has 1 aromatic rings. The summed E-state index contributed by atoms with van der Waals surface area (Å²) < 4.78 is 0. The molecule has 2 rings (SSSR count). The SMILES string of the molecule is CCCCCC1(C(N)=O)Nc2ccc(N)cc2N1. The van der Waals surface area contributed by atoms with Gasteiger partial charge < -0.3 is 22.1 Å². The van der Waals surface area contributed by atoms with Crippen molar-refractivity contribution in [3.8, 4) is 0 Å². The van der Waals surface area contributed by atoms with E-state index in [1.807, 2.05) is 12.1 Å². The molecule has 0 spiro atoms. The summed E-state index contributed by atoms with van der Waals surface area (Å²) in [6.07, 6.45) is 3.80. The fourth-order valence-electron chi connectivity index (χ4n) is 2.28. The number of rotatable bonds is 5. The molecule has 5 nitrogen and oxygen atoms in total. The van der Waals surface area contributed by atoms with E-state index in [4.69, 9.17) is 11.5 Å². The van der Waals surface area contributed by atoms with Crippen LogP contribution in [0.1, 0.15) is 32.6 Å². The molecular weight excluding hydrogens is 228 g/mol. The standard InChI is InChI=1S/C13H20N4O/c1-2-3-4-7-13(12(15)18)16-10-6-5-9(14)8-11(10)17-13/h5-6,8,16-17H,2-4,7,14H2,1H3,(H2,15,18). The molecule has 0 fully saturated rings. The molecule has 98 valence electrons. The number of benzene rings is 1. The number of carbonyl (C=O) groups is 1. The van der Waals surface area contributed by atoms with Crippen molar-refractivity contribution in [2.45, 2.75) is 38.3 Å². The van der Waals surface area contributed by atoms with Gasteiger partial charge in [0.05, 0.1) is 11.4 Å². The molecule has 1 aliphatic heterocycles. The van der Waals surface area contributed by atoms with Crippen LogP contribution < -0.4 is 22.1 Å². The van der Waals surface area contributed by atoms with Crippen LogP contribution in [0, 0.1) is 0 Å². The highest BCUT2D eigenvalue weighted by Gasteiger charge is 2.41. The molecule has 1 amide bonds. The lowest BCUT2D eigenvalue weighted by Gasteiger charge is -2.27. The topological polar surface area (TPSA) is 93.2 Å². The Balaban J connectivity index is 2.18. The zero-order valence-corrected chi connectivity index (χ0v) is 10.6. The summed E-state index contributed by atoms with van der Waals surface area (Å²) in [7, 11) is 0. The van der Waals surface area contributed by atoms with E-state index in [2.05, 4.69) is 17.6 Å². The summed E-state index contributed by atoms with van der Waals surface area (Å²) in [5.41, 5.74) is 12.8. The highest BCUT2D eigenvalue weighted by molar-refractivity contribution is 5.96. The number of anilines is 3. The number of hydrogen-bond acceptors (Lipinski definition) is 4. The number of nitrogens with one attached hydrogen (secondary N) is 2. The smallest absolute Gasteiger partial charge is 0.263 e. The van der Waals surface area contributed by atoms with Crippen molar-refractivity contribution in [2.75, 3.05) is 16.4 Å². The zero-order chi connectivity index (χ0) is 13.2. The van der Waals surface area contributed by atoms with Crippen LogP contribution in [0.2, 0.25) is 0 Å². The minimum Gasteiger partial charge on any atom is -0.399 e. The Hall–Kier alpha value is -1.91. The Morgan fingerprint density at radius 1 is 1.28 bits per heavy atom. The number of primary amides is 1. The molecule has 0 saturated heterocycles. The molecular formula is C13H20N4O. The van der Waals surface area contributed by atoms with Crippen LogP contribution in [0.15, 0.2) is 18.2 Å². The molecule has 0 bridgehead atoms. The number of nitrogen functional groups attached to an aromatic ring is 1. The van der Waals surface area contributed by atoms with Gasteiger partial charge in [-0.25, -0.2) is 0 Å². The van der Waals surface area contributed by atoms with Gasteiger partial charge in [0.2, 0.25) is 0 Å². The van der Waals surface area contributed by atoms with E-state index in [0.29, 0.717) is 12.1 Å². The Morgan fingerprint density at radius 2 is 2.00 bits per heavy atom. The Bertz CT molecular complexity index is 460. The molecule has 18 heavy (non-hydrogen) atoms. The van der Waals surface area contributed by atoms with Crippen molar-refractivity contribution in [3.05, 3.63) is 18.2 Å². The van der Waals surface area contributed by atoms with Crippen LogP contribution in [-0.2, 0) is 4.79 Å². The quantitative estimate of drug-likeness (QED) is 0.472. The number of unbranched alkanes of at least 4 members (excludes halogenated alkanes) is 2. The highest BCUT2D eigenvalue weighted by atomic mass is 16.2. The van der Waals surface area contributed by atoms with Crippen molar-refractivity contribution >= 4 is 23.0 Å². The third-order valence-corrected chi connectivity index (χ3v) is 3.32. The first-order valence-electron chi connectivity index (χ1n) is 6.33. The third kappa shape index (κ3) is 2.20. The molecule has 1 aliphatic rings. The number of carbonyl (C=O) groups excluding carboxylic acids is 1. The monoisotopic (exact) mass is 248 g/mol.